The summed E-state index contributed by atoms with van der Waals surface area (Å²) in [6, 6.07) is 12.7. The number of carboxylic acid groups (broad SMARTS) is 1. The maximum atomic E-state index is 14.2. The fourth-order valence-electron chi connectivity index (χ4n) is 4.36. The highest BCUT2D eigenvalue weighted by Gasteiger charge is 2.52. The van der Waals surface area contributed by atoms with Gasteiger partial charge in [0.1, 0.15) is 0 Å². The zero-order valence-electron chi connectivity index (χ0n) is 20.3. The summed E-state index contributed by atoms with van der Waals surface area (Å²) in [4.78, 5) is 24.9. The summed E-state index contributed by atoms with van der Waals surface area (Å²) in [5.74, 6) is -4.64. The van der Waals surface area contributed by atoms with E-state index >= 15 is 0 Å². The molecule has 1 fully saturated rings. The highest BCUT2D eigenvalue weighted by atomic mass is 32.1. The summed E-state index contributed by atoms with van der Waals surface area (Å²) in [6.45, 7) is 2.08. The number of carbonyl (C=O) groups excluding carboxylic acids is 1. The lowest BCUT2D eigenvalue weighted by atomic mass is 9.95. The van der Waals surface area contributed by atoms with E-state index in [4.69, 9.17) is 5.11 Å². The normalized spacial score (nSPS) is 19.1. The molecular weight excluding hydrogens is 488 g/mol. The van der Waals surface area contributed by atoms with Gasteiger partial charge in [-0.05, 0) is 55.7 Å². The lowest BCUT2D eigenvalue weighted by Gasteiger charge is -2.22. The first-order valence-electron chi connectivity index (χ1n) is 12.2. The molecule has 2 N–H and O–H groups in total. The fraction of sp³-hybridized carbons (Fsp3) is 0.481. The van der Waals surface area contributed by atoms with Crippen LogP contribution in [0.15, 0.2) is 54.6 Å². The molecule has 196 valence electrons. The number of thiophene rings is 1. The minimum absolute atomic E-state index is 0.0240. The van der Waals surface area contributed by atoms with Crippen LogP contribution < -0.4 is 4.74 Å². The van der Waals surface area contributed by atoms with Gasteiger partial charge in [-0.3, -0.25) is 4.79 Å². The first kappa shape index (κ1) is 27.8. The predicted molar refractivity (Wildman–Crippen MR) is 135 cm³/mol. The van der Waals surface area contributed by atoms with Gasteiger partial charge in [-0.1, -0.05) is 55.8 Å². The zero-order valence-corrected chi connectivity index (χ0v) is 21.1. The van der Waals surface area contributed by atoms with Crippen molar-refractivity contribution in [3.05, 3.63) is 65.1 Å². The van der Waals surface area contributed by atoms with Crippen LogP contribution in [0.4, 0.5) is 13.6 Å². The number of halogens is 2. The van der Waals surface area contributed by atoms with Crippen molar-refractivity contribution in [2.45, 2.75) is 69.9 Å². The van der Waals surface area contributed by atoms with Gasteiger partial charge in [0.25, 0.3) is 5.91 Å². The molecule has 6 nitrogen and oxygen atoms in total. The maximum Gasteiger partial charge on any atom is 0.512 e. The van der Waals surface area contributed by atoms with Gasteiger partial charge in [-0.25, -0.2) is 4.79 Å². The third kappa shape index (κ3) is 8.13. The van der Waals surface area contributed by atoms with Crippen molar-refractivity contribution >= 4 is 23.4 Å². The van der Waals surface area contributed by atoms with Gasteiger partial charge in [-0.2, -0.15) is 8.78 Å². The number of aryl methyl sites for hydroxylation is 2. The van der Waals surface area contributed by atoms with Gasteiger partial charge >= 0.3 is 12.1 Å². The number of unbranched alkanes of at least 4 members (excludes halogenated alkanes) is 1. The fourth-order valence-corrected chi connectivity index (χ4v) is 5.25. The topological polar surface area (TPSA) is 87.1 Å². The number of rotatable bonds is 13. The van der Waals surface area contributed by atoms with Crippen molar-refractivity contribution in [2.75, 3.05) is 6.54 Å². The van der Waals surface area contributed by atoms with E-state index < -0.39 is 36.6 Å². The largest absolute Gasteiger partial charge is 0.512 e. The van der Waals surface area contributed by atoms with E-state index in [0.717, 1.165) is 30.6 Å². The van der Waals surface area contributed by atoms with E-state index in [1.54, 1.807) is 18.2 Å². The molecular formula is C27H33F2NO5S. The molecule has 9 heteroatoms. The highest BCUT2D eigenvalue weighted by Crippen LogP contribution is 2.35. The lowest BCUT2D eigenvalue weighted by molar-refractivity contribution is -0.148. The van der Waals surface area contributed by atoms with Gasteiger partial charge in [0.2, 0.25) is 0 Å². The van der Waals surface area contributed by atoms with E-state index in [1.165, 1.54) is 27.9 Å². The molecule has 2 heterocycles. The van der Waals surface area contributed by atoms with Gasteiger partial charge in [0, 0.05) is 17.8 Å². The summed E-state index contributed by atoms with van der Waals surface area (Å²) < 4.78 is 33.0. The number of alkyl halides is 2. The Labute approximate surface area is 214 Å². The first-order valence-corrected chi connectivity index (χ1v) is 13.1. The van der Waals surface area contributed by atoms with E-state index in [1.807, 2.05) is 25.1 Å². The molecule has 0 aliphatic carbocycles. The zero-order chi connectivity index (χ0) is 26.1. The Morgan fingerprint density at radius 2 is 1.94 bits per heavy atom. The van der Waals surface area contributed by atoms with Crippen LogP contribution in [0.1, 0.15) is 49.5 Å². The number of carbonyl (C=O) groups is 2. The van der Waals surface area contributed by atoms with Gasteiger partial charge in [-0.15, -0.1) is 11.3 Å². The third-order valence-corrected chi connectivity index (χ3v) is 7.44. The molecule has 1 saturated heterocycles. The Hall–Kier alpha value is -2.78. The van der Waals surface area contributed by atoms with Gasteiger partial charge in [0.15, 0.2) is 5.06 Å². The summed E-state index contributed by atoms with van der Waals surface area (Å²) in [6.07, 6.45) is 5.02. The molecule has 2 aromatic rings. The number of hydrogen-bond donors (Lipinski definition) is 2. The van der Waals surface area contributed by atoms with Crippen molar-refractivity contribution in [2.24, 2.45) is 5.92 Å². The lowest BCUT2D eigenvalue weighted by Crippen LogP contribution is -2.36. The van der Waals surface area contributed by atoms with Crippen molar-refractivity contribution in [3.63, 3.8) is 0 Å². The van der Waals surface area contributed by atoms with Crippen LogP contribution in [-0.4, -0.2) is 51.8 Å². The van der Waals surface area contributed by atoms with E-state index in [2.05, 4.69) is 16.9 Å². The van der Waals surface area contributed by atoms with Crippen molar-refractivity contribution in [1.29, 1.82) is 0 Å². The minimum Gasteiger partial charge on any atom is -0.449 e. The standard InChI is InChI=1S/C27H33F2NO5S/c1-19(8-5-6-11-20-9-3-2-4-10-20)23(31)15-13-21-18-27(28,29)25(32)30(21)17-7-12-22-14-16-24(36-22)35-26(33)34/h2-4,9-10,13-16,19,21,23,31H,5-8,11-12,17-18H2,1H3,(H,33,34)/b15-13+/t19-,21-,23+/m0/s1. The second-order valence-corrected chi connectivity index (χ2v) is 10.4. The number of amides is 1. The van der Waals surface area contributed by atoms with Crippen LogP contribution in [0, 0.1) is 5.92 Å². The molecule has 0 radical (unpaired) electrons. The third-order valence-electron chi connectivity index (χ3n) is 6.42. The Kier molecular flexibility index (Phi) is 10.0. The Morgan fingerprint density at radius 3 is 2.67 bits per heavy atom. The average Bonchev–Trinajstić information content (AvgIpc) is 3.36. The van der Waals surface area contributed by atoms with Crippen LogP contribution in [0.5, 0.6) is 5.06 Å². The van der Waals surface area contributed by atoms with E-state index in [-0.39, 0.29) is 17.5 Å². The molecule has 1 aromatic heterocycles. The molecule has 1 aromatic carbocycles. The Balaban J connectivity index is 1.47. The van der Waals surface area contributed by atoms with Crippen molar-refractivity contribution < 1.29 is 33.3 Å². The molecule has 36 heavy (non-hydrogen) atoms. The number of aliphatic hydroxyl groups excluding tert-OH is 1. The van der Waals surface area contributed by atoms with Crippen LogP contribution >= 0.6 is 11.3 Å². The maximum absolute atomic E-state index is 14.2. The molecule has 0 bridgehead atoms. The van der Waals surface area contributed by atoms with Crippen LogP contribution in [0.25, 0.3) is 0 Å². The number of likely N-dealkylation sites (tertiary alicyclic amines) is 1. The number of aliphatic hydroxyl groups is 1. The van der Waals surface area contributed by atoms with Crippen molar-refractivity contribution in [1.82, 2.24) is 4.90 Å². The summed E-state index contributed by atoms with van der Waals surface area (Å²) in [5, 5.41) is 19.4. The number of hydrogen-bond acceptors (Lipinski definition) is 5. The molecule has 0 saturated carbocycles. The quantitative estimate of drug-likeness (QED) is 0.194. The summed E-state index contributed by atoms with van der Waals surface area (Å²) in [7, 11) is 0. The molecule has 1 amide bonds. The molecule has 3 rings (SSSR count). The molecule has 0 spiro atoms. The Morgan fingerprint density at radius 1 is 1.19 bits per heavy atom. The minimum atomic E-state index is -3.42. The van der Waals surface area contributed by atoms with Crippen LogP contribution in [0.3, 0.4) is 0 Å². The monoisotopic (exact) mass is 521 g/mol. The molecule has 3 atom stereocenters. The van der Waals surface area contributed by atoms with E-state index in [0.29, 0.717) is 12.8 Å². The number of benzene rings is 1. The van der Waals surface area contributed by atoms with Gasteiger partial charge in [0.05, 0.1) is 12.1 Å². The highest BCUT2D eigenvalue weighted by molar-refractivity contribution is 7.13. The van der Waals surface area contributed by atoms with Crippen molar-refractivity contribution in [3.8, 4) is 5.06 Å². The smallest absolute Gasteiger partial charge is 0.449 e. The predicted octanol–water partition coefficient (Wildman–Crippen LogP) is 5.94. The van der Waals surface area contributed by atoms with Crippen LogP contribution in [0.2, 0.25) is 0 Å². The van der Waals surface area contributed by atoms with Crippen LogP contribution in [-0.2, 0) is 17.6 Å². The van der Waals surface area contributed by atoms with Gasteiger partial charge < -0.3 is 19.8 Å². The Bertz CT molecular complexity index is 1030. The SMILES string of the molecule is C[C@@H](CCCCc1ccccc1)[C@H](O)/C=C/[C@H]1CC(F)(F)C(=O)N1CCCc1ccc(OC(=O)O)s1. The summed E-state index contributed by atoms with van der Waals surface area (Å²) >= 11 is 1.17. The molecule has 1 aliphatic heterocycles. The number of ether oxygens (including phenoxy) is 1. The molecule has 1 aliphatic rings. The molecule has 0 unspecified atom stereocenters. The van der Waals surface area contributed by atoms with E-state index in [9.17, 15) is 23.5 Å². The average molecular weight is 522 g/mol. The second kappa shape index (κ2) is 13.0. The second-order valence-electron chi connectivity index (χ2n) is 9.25. The first-order chi connectivity index (χ1) is 17.2. The summed E-state index contributed by atoms with van der Waals surface area (Å²) in [5.41, 5.74) is 1.28. The number of nitrogens with zero attached hydrogens (tertiary/aromatic N) is 1.